The first-order valence-corrected chi connectivity index (χ1v) is 17.6. The van der Waals surface area contributed by atoms with Crippen molar-refractivity contribution in [3.63, 3.8) is 0 Å². The van der Waals surface area contributed by atoms with E-state index in [1.54, 1.807) is 0 Å². The molecule has 10 fully saturated rings. The third-order valence-electron chi connectivity index (χ3n) is 17.0. The van der Waals surface area contributed by atoms with Crippen LogP contribution in [0.5, 0.6) is 0 Å². The van der Waals surface area contributed by atoms with Crippen LogP contribution in [0, 0.1) is 0 Å². The van der Waals surface area contributed by atoms with Crippen molar-refractivity contribution in [3.05, 3.63) is 0 Å². The van der Waals surface area contributed by atoms with E-state index in [1.807, 2.05) is 0 Å². The van der Waals surface area contributed by atoms with E-state index in [2.05, 4.69) is 41.5 Å². The molecule has 4 unspecified atom stereocenters. The van der Waals surface area contributed by atoms with Gasteiger partial charge in [0, 0.05) is 7.11 Å². The van der Waals surface area contributed by atoms with Gasteiger partial charge in [0.2, 0.25) is 0 Å². The molecule has 1 spiro atoms. The summed E-state index contributed by atoms with van der Waals surface area (Å²) in [7, 11) is -1.16. The Bertz CT molecular complexity index is 1070. The molecule has 0 saturated carbocycles. The molecule has 0 aromatic rings. The van der Waals surface area contributed by atoms with E-state index >= 15 is 4.57 Å². The summed E-state index contributed by atoms with van der Waals surface area (Å²) < 4.78 is 15.6. The van der Waals surface area contributed by atoms with E-state index in [0.717, 1.165) is 7.11 Å². The number of fused-ring (bicyclic) bond motifs is 10. The molecule has 4 atom stereocenters. The number of aliphatic hydroxyl groups is 1. The van der Waals surface area contributed by atoms with Crippen LogP contribution < -0.4 is 0 Å². The molecule has 10 aliphatic heterocycles. The van der Waals surface area contributed by atoms with Crippen molar-refractivity contribution >= 4 is 7.14 Å². The van der Waals surface area contributed by atoms with Gasteiger partial charge in [0.05, 0.1) is 0 Å². The zero-order valence-electron chi connectivity index (χ0n) is 15.4. The van der Waals surface area contributed by atoms with Crippen molar-refractivity contribution in [2.24, 2.45) is 0 Å². The first-order valence-electron chi connectivity index (χ1n) is 9.56. The first kappa shape index (κ1) is 12.2. The third kappa shape index (κ3) is 0.168. The minimum Gasteiger partial charge on any atom is -0.400 e. The van der Waals surface area contributed by atoms with Crippen molar-refractivity contribution in [3.8, 4) is 0 Å². The Morgan fingerprint density at radius 3 is 1.17 bits per heavy atom. The van der Waals surface area contributed by atoms with Gasteiger partial charge in [-0.05, 0) is 0 Å². The minimum atomic E-state index is -3.26. The normalized spacial score (nSPS) is 92.8. The fraction of sp³-hybridized carbons (Fsp3) is 1.00. The average Bonchev–Trinajstić information content (AvgIpc) is 3.37. The SMILES string of the molecule is CC(C)(C)P(=O)(C(C)(C)C)[C]12[CH]3[CH]4[CH]5[CH]1[Fe]45321678[CH]2[CH]1[CH]6[CH]7[CH]28.CO. The Kier molecular flexibility index (Phi) is 0.605. The Morgan fingerprint density at radius 2 is 1.04 bits per heavy atom. The van der Waals surface area contributed by atoms with Gasteiger partial charge >= 0.3 is 117 Å². The molecule has 10 saturated heterocycles. The molecule has 0 aromatic carbocycles. The second kappa shape index (κ2) is 1.14. The summed E-state index contributed by atoms with van der Waals surface area (Å²) in [6.07, 6.45) is 0. The second-order valence-corrected chi connectivity index (χ2v) is 43.2. The number of rotatable bonds is 1. The van der Waals surface area contributed by atoms with Gasteiger partial charge in [0.1, 0.15) is 0 Å². The van der Waals surface area contributed by atoms with Crippen LogP contribution >= 0.6 is 7.14 Å². The van der Waals surface area contributed by atoms with Crippen molar-refractivity contribution in [1.82, 2.24) is 0 Å². The molecule has 0 bridgehead atoms. The second-order valence-electron chi connectivity index (χ2n) is 14.6. The molecule has 132 valence electrons. The molecule has 10 heterocycles. The van der Waals surface area contributed by atoms with Gasteiger partial charge in [0.15, 0.2) is 0 Å². The summed E-state index contributed by atoms with van der Waals surface area (Å²) in [5.41, 5.74) is 0. The first-order chi connectivity index (χ1) is 10.3. The monoisotopic (exact) mass is 378 g/mol. The van der Waals surface area contributed by atoms with E-state index < -0.39 is 13.7 Å². The molecule has 0 amide bonds. The fourth-order valence-corrected chi connectivity index (χ4v) is 113. The maximum atomic E-state index is 15.1. The van der Waals surface area contributed by atoms with Crippen LogP contribution in [0.2, 0.25) is 43.3 Å². The van der Waals surface area contributed by atoms with Crippen LogP contribution in [-0.4, -0.2) is 26.6 Å². The van der Waals surface area contributed by atoms with E-state index in [4.69, 9.17) is 5.11 Å². The van der Waals surface area contributed by atoms with Crippen LogP contribution in [0.25, 0.3) is 0 Å². The Morgan fingerprint density at radius 1 is 0.739 bits per heavy atom. The summed E-state index contributed by atoms with van der Waals surface area (Å²) in [5, 5.41) is 7.09. The van der Waals surface area contributed by atoms with Gasteiger partial charge in [-0.1, -0.05) is 0 Å². The van der Waals surface area contributed by atoms with Gasteiger partial charge in [-0.25, -0.2) is 0 Å². The average molecular weight is 378 g/mol. The largest absolute Gasteiger partial charge is 0.400 e. The van der Waals surface area contributed by atoms with Gasteiger partial charge in [-0.15, -0.1) is 0 Å². The number of hydrogen-bond acceptors (Lipinski definition) is 2. The molecule has 10 aliphatic rings. The predicted molar refractivity (Wildman–Crippen MR) is 91.7 cm³/mol. The van der Waals surface area contributed by atoms with Crippen molar-refractivity contribution < 1.29 is 16.2 Å². The van der Waals surface area contributed by atoms with E-state index in [1.165, 1.54) is 43.3 Å². The minimum absolute atomic E-state index is 0.0447. The van der Waals surface area contributed by atoms with E-state index in [0.29, 0.717) is 4.05 Å². The number of hydrogen-bond donors (Lipinski definition) is 1. The quantitative estimate of drug-likeness (QED) is 0.459. The molecule has 0 aromatic heterocycles. The number of aliphatic hydroxyl groups excluding tert-OH is 1. The Balaban J connectivity index is 0.000000466. The molecular weight excluding hydrogens is 347 g/mol. The van der Waals surface area contributed by atoms with Crippen molar-refractivity contribution in [1.29, 1.82) is 0 Å². The van der Waals surface area contributed by atoms with E-state index in [9.17, 15) is 0 Å². The van der Waals surface area contributed by atoms with Crippen LogP contribution in [0.15, 0.2) is 0 Å². The third-order valence-corrected chi connectivity index (χ3v) is 69.0. The zero-order chi connectivity index (χ0) is 16.5. The van der Waals surface area contributed by atoms with Gasteiger partial charge < -0.3 is 5.11 Å². The fourth-order valence-electron chi connectivity index (χ4n) is 19.0. The molecular formula is C19H31FeO2P. The summed E-state index contributed by atoms with van der Waals surface area (Å²) in [6, 6.07) is 0. The van der Waals surface area contributed by atoms with Crippen LogP contribution in [-0.2, 0) is 11.1 Å². The topological polar surface area (TPSA) is 37.3 Å². The van der Waals surface area contributed by atoms with Gasteiger partial charge in [-0.2, -0.15) is 0 Å². The molecule has 4 heteroatoms. The molecule has 23 heavy (non-hydrogen) atoms. The van der Waals surface area contributed by atoms with Crippen molar-refractivity contribution in [2.45, 2.75) is 99.3 Å². The zero-order valence-corrected chi connectivity index (χ0v) is 17.4. The summed E-state index contributed by atoms with van der Waals surface area (Å²) in [5.74, 6) is 0. The molecule has 1 N–H and O–H groups in total. The van der Waals surface area contributed by atoms with Crippen molar-refractivity contribution in [2.75, 3.05) is 7.11 Å². The predicted octanol–water partition coefficient (Wildman–Crippen LogP) is 5.85. The summed E-state index contributed by atoms with van der Waals surface area (Å²) >= 11 is 0. The molecule has 0 aliphatic carbocycles. The summed E-state index contributed by atoms with van der Waals surface area (Å²) in [6.45, 7) is 10.9. The molecule has 0 radical (unpaired) electrons. The standard InChI is InChI=1S/C13H22OP.C5H5.CH4O.Fe/c1-12(2,3)15(14,13(4,5)6)11-9-7-8-10-11;1-2-4-5-3-1;1-2;/h7-10H,1-6H3;1-5H;2H,1H3;. The van der Waals surface area contributed by atoms with Gasteiger partial charge in [0.25, 0.3) is 0 Å². The van der Waals surface area contributed by atoms with E-state index in [-0.39, 0.29) is 10.3 Å². The molecule has 10 rings (SSSR count). The van der Waals surface area contributed by atoms with Crippen LogP contribution in [0.1, 0.15) is 41.5 Å². The maximum Gasteiger partial charge on any atom is 0.0319 e. The summed E-state index contributed by atoms with van der Waals surface area (Å²) in [4.78, 5) is 11.5. The maximum absolute atomic E-state index is 15.1. The smallest absolute Gasteiger partial charge is 0.0319 e. The van der Waals surface area contributed by atoms with Gasteiger partial charge in [-0.3, -0.25) is 0 Å². The molecule has 2 nitrogen and oxygen atoms in total. The van der Waals surface area contributed by atoms with Crippen LogP contribution in [0.3, 0.4) is 0 Å². The Hall–Kier alpha value is 0.709. The Labute approximate surface area is 129 Å². The van der Waals surface area contributed by atoms with Crippen LogP contribution in [0.4, 0.5) is 0 Å².